The average molecular weight is 693 g/mol. The van der Waals surface area contributed by atoms with Crippen LogP contribution in [0.2, 0.25) is 0 Å². The van der Waals surface area contributed by atoms with Crippen LogP contribution in [0.3, 0.4) is 0 Å². The molecule has 8 aromatic carbocycles. The molecule has 0 saturated heterocycles. The summed E-state index contributed by atoms with van der Waals surface area (Å²) in [4.78, 5) is 10.1. The number of hydrogen-bond acceptors (Lipinski definition) is 3. The van der Waals surface area contributed by atoms with Crippen molar-refractivity contribution in [3.8, 4) is 67.0 Å². The first-order chi connectivity index (χ1) is 26.3. The molecule has 0 aliphatic carbocycles. The van der Waals surface area contributed by atoms with Crippen LogP contribution >= 0.6 is 11.3 Å². The lowest BCUT2D eigenvalue weighted by molar-refractivity contribution is 1.32. The molecule has 3 heteroatoms. The molecule has 0 radical (unpaired) electrons. The van der Waals surface area contributed by atoms with Crippen LogP contribution in [-0.4, -0.2) is 9.97 Å². The van der Waals surface area contributed by atoms with Crippen LogP contribution in [0.4, 0.5) is 0 Å². The van der Waals surface area contributed by atoms with Crippen molar-refractivity contribution in [2.45, 2.75) is 0 Å². The Balaban J connectivity index is 1.15. The second kappa shape index (κ2) is 13.1. The minimum Gasteiger partial charge on any atom is -0.248 e. The van der Waals surface area contributed by atoms with Crippen LogP contribution in [0.1, 0.15) is 0 Å². The lowest BCUT2D eigenvalue weighted by atomic mass is 9.87. The van der Waals surface area contributed by atoms with E-state index < -0.39 is 0 Å². The molecule has 0 bridgehead atoms. The SMILES string of the molecule is c1ccc(-c2cc(-c3ccccc3)nc(-c3cccc(-c4c(-c5cccc(-c6cc7ccccc7c7scnc67)c5)ccc5ccccc45)c3)c2)cc1. The number of pyridine rings is 1. The number of nitrogens with zero attached hydrogens (tertiary/aromatic N) is 2. The van der Waals surface area contributed by atoms with E-state index in [-0.39, 0.29) is 0 Å². The van der Waals surface area contributed by atoms with E-state index in [4.69, 9.17) is 9.97 Å². The summed E-state index contributed by atoms with van der Waals surface area (Å²) >= 11 is 1.71. The molecule has 248 valence electrons. The fourth-order valence-corrected chi connectivity index (χ4v) is 8.50. The zero-order chi connectivity index (χ0) is 35.1. The van der Waals surface area contributed by atoms with Gasteiger partial charge in [0, 0.05) is 22.1 Å². The van der Waals surface area contributed by atoms with Gasteiger partial charge in [-0.3, -0.25) is 0 Å². The van der Waals surface area contributed by atoms with E-state index in [1.807, 2.05) is 11.6 Å². The van der Waals surface area contributed by atoms with Gasteiger partial charge in [0.25, 0.3) is 0 Å². The Labute approximate surface area is 312 Å². The van der Waals surface area contributed by atoms with Crippen molar-refractivity contribution >= 4 is 43.1 Å². The highest BCUT2D eigenvalue weighted by Crippen LogP contribution is 2.42. The van der Waals surface area contributed by atoms with Gasteiger partial charge in [-0.05, 0) is 85.4 Å². The summed E-state index contributed by atoms with van der Waals surface area (Å²) < 4.78 is 1.23. The van der Waals surface area contributed by atoms with Gasteiger partial charge in [-0.25, -0.2) is 9.97 Å². The summed E-state index contributed by atoms with van der Waals surface area (Å²) in [6.45, 7) is 0. The summed E-state index contributed by atoms with van der Waals surface area (Å²) in [7, 11) is 0. The molecule has 0 aliphatic heterocycles. The first-order valence-electron chi connectivity index (χ1n) is 17.9. The largest absolute Gasteiger partial charge is 0.248 e. The molecule has 0 N–H and O–H groups in total. The fourth-order valence-electron chi connectivity index (χ4n) is 7.65. The predicted molar refractivity (Wildman–Crippen MR) is 225 cm³/mol. The minimum atomic E-state index is 0.944. The maximum absolute atomic E-state index is 5.26. The van der Waals surface area contributed by atoms with Crippen molar-refractivity contribution in [2.75, 3.05) is 0 Å². The van der Waals surface area contributed by atoms with Gasteiger partial charge in [0.2, 0.25) is 0 Å². The van der Waals surface area contributed by atoms with E-state index in [1.54, 1.807) is 11.3 Å². The molecule has 10 rings (SSSR count). The molecule has 0 saturated carbocycles. The molecule has 0 aliphatic rings. The van der Waals surface area contributed by atoms with Gasteiger partial charge < -0.3 is 0 Å². The van der Waals surface area contributed by atoms with Crippen molar-refractivity contribution in [3.63, 3.8) is 0 Å². The zero-order valence-corrected chi connectivity index (χ0v) is 29.6. The molecule has 0 fully saturated rings. The van der Waals surface area contributed by atoms with E-state index in [0.29, 0.717) is 0 Å². The molecule has 0 atom stereocenters. The Morgan fingerprint density at radius 1 is 0.358 bits per heavy atom. The maximum atomic E-state index is 5.26. The van der Waals surface area contributed by atoms with Crippen molar-refractivity contribution in [2.24, 2.45) is 0 Å². The van der Waals surface area contributed by atoms with Crippen molar-refractivity contribution < 1.29 is 0 Å². The van der Waals surface area contributed by atoms with Gasteiger partial charge in [-0.2, -0.15) is 0 Å². The summed E-state index contributed by atoms with van der Waals surface area (Å²) in [6, 6.07) is 67.4. The molecule has 10 aromatic rings. The molecule has 0 amide bonds. The van der Waals surface area contributed by atoms with Crippen LogP contribution in [-0.2, 0) is 0 Å². The highest BCUT2D eigenvalue weighted by atomic mass is 32.1. The van der Waals surface area contributed by atoms with E-state index in [2.05, 4.69) is 182 Å². The Morgan fingerprint density at radius 3 is 1.74 bits per heavy atom. The van der Waals surface area contributed by atoms with E-state index in [9.17, 15) is 0 Å². The van der Waals surface area contributed by atoms with Gasteiger partial charge in [0.05, 0.1) is 27.1 Å². The Morgan fingerprint density at radius 2 is 0.943 bits per heavy atom. The minimum absolute atomic E-state index is 0.944. The monoisotopic (exact) mass is 692 g/mol. The topological polar surface area (TPSA) is 25.8 Å². The number of benzene rings is 8. The van der Waals surface area contributed by atoms with Crippen molar-refractivity contribution in [3.05, 3.63) is 194 Å². The summed E-state index contributed by atoms with van der Waals surface area (Å²) in [6.07, 6.45) is 0. The molecule has 2 nitrogen and oxygen atoms in total. The second-order valence-corrected chi connectivity index (χ2v) is 14.3. The lowest BCUT2D eigenvalue weighted by Crippen LogP contribution is -1.93. The van der Waals surface area contributed by atoms with Gasteiger partial charge in [0.15, 0.2) is 0 Å². The van der Waals surface area contributed by atoms with Crippen molar-refractivity contribution in [1.29, 1.82) is 0 Å². The van der Waals surface area contributed by atoms with E-state index >= 15 is 0 Å². The second-order valence-electron chi connectivity index (χ2n) is 13.4. The van der Waals surface area contributed by atoms with E-state index in [1.165, 1.54) is 48.5 Å². The van der Waals surface area contributed by atoms with Gasteiger partial charge in [0.1, 0.15) is 0 Å². The molecular weight excluding hydrogens is 661 g/mol. The Kier molecular flexibility index (Phi) is 7.71. The lowest BCUT2D eigenvalue weighted by Gasteiger charge is -2.17. The first-order valence-corrected chi connectivity index (χ1v) is 18.8. The van der Waals surface area contributed by atoms with Gasteiger partial charge in [-0.15, -0.1) is 11.3 Å². The number of rotatable bonds is 6. The summed E-state index contributed by atoms with van der Waals surface area (Å²) in [5, 5.41) is 4.91. The molecule has 53 heavy (non-hydrogen) atoms. The third kappa shape index (κ3) is 5.68. The predicted octanol–water partition coefficient (Wildman–Crippen LogP) is 14.0. The van der Waals surface area contributed by atoms with Crippen LogP contribution in [0.15, 0.2) is 194 Å². The molecular formula is C50H32N2S. The quantitative estimate of drug-likeness (QED) is 0.173. The molecule has 0 unspecified atom stereocenters. The number of fused-ring (bicyclic) bond motifs is 4. The van der Waals surface area contributed by atoms with Crippen LogP contribution < -0.4 is 0 Å². The maximum Gasteiger partial charge on any atom is 0.0896 e. The standard InChI is InChI=1S/C50H32N2S/c1-3-13-33(14-4-1)41-30-46(35-16-5-2-6-17-35)52-47(31-41)39-21-12-22-40(28-39)48-42-23-9-7-15-34(42)25-26-43(48)36-19-11-20-37(27-36)45-29-38-18-8-10-24-44(38)50-49(45)51-32-53-50/h1-32H. The van der Waals surface area contributed by atoms with Crippen LogP contribution in [0.25, 0.3) is 98.8 Å². The summed E-state index contributed by atoms with van der Waals surface area (Å²) in [5.74, 6) is 0. The molecule has 0 spiro atoms. The Bertz CT molecular complexity index is 2890. The third-order valence-corrected chi connectivity index (χ3v) is 11.1. The molecule has 2 heterocycles. The van der Waals surface area contributed by atoms with Crippen LogP contribution in [0.5, 0.6) is 0 Å². The first kappa shape index (κ1) is 31.1. The zero-order valence-electron chi connectivity index (χ0n) is 28.8. The average Bonchev–Trinajstić information content (AvgIpc) is 3.74. The van der Waals surface area contributed by atoms with Crippen molar-refractivity contribution in [1.82, 2.24) is 9.97 Å². The van der Waals surface area contributed by atoms with Crippen LogP contribution in [0, 0.1) is 0 Å². The summed E-state index contributed by atoms with van der Waals surface area (Å²) in [5.41, 5.74) is 16.4. The Hall–Kier alpha value is -6.68. The normalized spacial score (nSPS) is 11.4. The number of aromatic nitrogens is 2. The third-order valence-electron chi connectivity index (χ3n) is 10.2. The molecule has 2 aromatic heterocycles. The van der Waals surface area contributed by atoms with E-state index in [0.717, 1.165) is 50.3 Å². The highest BCUT2D eigenvalue weighted by Gasteiger charge is 2.17. The highest BCUT2D eigenvalue weighted by molar-refractivity contribution is 7.17. The fraction of sp³-hybridized carbons (Fsp3) is 0. The number of hydrogen-bond donors (Lipinski definition) is 0. The smallest absolute Gasteiger partial charge is 0.0896 e. The number of thiazole rings is 1. The van der Waals surface area contributed by atoms with Gasteiger partial charge in [-0.1, -0.05) is 158 Å². The van der Waals surface area contributed by atoms with Gasteiger partial charge >= 0.3 is 0 Å².